The Morgan fingerprint density at radius 1 is 1.54 bits per heavy atom. The van der Waals surface area contributed by atoms with Gasteiger partial charge in [0.05, 0.1) is 5.41 Å². The van der Waals surface area contributed by atoms with E-state index < -0.39 is 11.4 Å². The first-order chi connectivity index (χ1) is 5.96. The highest BCUT2D eigenvalue weighted by atomic mass is 16.4. The van der Waals surface area contributed by atoms with Gasteiger partial charge in [-0.3, -0.25) is 4.79 Å². The van der Waals surface area contributed by atoms with E-state index in [1.165, 1.54) is 0 Å². The molecule has 74 valence electrons. The molecule has 0 aromatic rings. The Hall–Kier alpha value is -1.05. The smallest absolute Gasteiger partial charge is 0.313 e. The minimum Gasteiger partial charge on any atom is -0.481 e. The maximum atomic E-state index is 10.9. The zero-order chi connectivity index (χ0) is 10.5. The highest BCUT2D eigenvalue weighted by molar-refractivity contribution is 5.78. The number of unbranched alkanes of at least 4 members (excludes halogenated alkanes) is 1. The van der Waals surface area contributed by atoms with Gasteiger partial charge in [0.25, 0.3) is 0 Å². The van der Waals surface area contributed by atoms with Gasteiger partial charge in [0, 0.05) is 0 Å². The van der Waals surface area contributed by atoms with Gasteiger partial charge in [0.2, 0.25) is 0 Å². The quantitative estimate of drug-likeness (QED) is 0.663. The summed E-state index contributed by atoms with van der Waals surface area (Å²) in [4.78, 5) is 10.9. The molecule has 2 nitrogen and oxygen atoms in total. The molecule has 0 rings (SSSR count). The van der Waals surface area contributed by atoms with E-state index in [-0.39, 0.29) is 0 Å². The SMILES string of the molecule is C=CC(=CCCC)C(C)(C)C(=O)O. The van der Waals surface area contributed by atoms with E-state index in [4.69, 9.17) is 5.11 Å². The standard InChI is InChI=1S/C11H18O2/c1-5-7-8-9(6-2)11(3,4)10(12)13/h6,8H,2,5,7H2,1,3-4H3,(H,12,13). The first-order valence-electron chi connectivity index (χ1n) is 4.53. The number of rotatable bonds is 5. The van der Waals surface area contributed by atoms with Crippen molar-refractivity contribution in [3.63, 3.8) is 0 Å². The molecule has 0 amide bonds. The van der Waals surface area contributed by atoms with Gasteiger partial charge in [-0.15, -0.1) is 0 Å². The van der Waals surface area contributed by atoms with Crippen molar-refractivity contribution in [2.24, 2.45) is 5.41 Å². The zero-order valence-electron chi connectivity index (χ0n) is 8.63. The van der Waals surface area contributed by atoms with Crippen LogP contribution in [0.5, 0.6) is 0 Å². The Morgan fingerprint density at radius 3 is 2.38 bits per heavy atom. The van der Waals surface area contributed by atoms with Gasteiger partial charge < -0.3 is 5.11 Å². The van der Waals surface area contributed by atoms with Gasteiger partial charge in [0.1, 0.15) is 0 Å². The molecule has 2 heteroatoms. The second-order valence-electron chi connectivity index (χ2n) is 3.58. The molecule has 0 radical (unpaired) electrons. The lowest BCUT2D eigenvalue weighted by molar-refractivity contribution is -0.144. The largest absolute Gasteiger partial charge is 0.481 e. The fraction of sp³-hybridized carbons (Fsp3) is 0.545. The third-order valence-corrected chi connectivity index (χ3v) is 2.13. The molecule has 0 aliphatic heterocycles. The normalized spacial score (nSPS) is 12.7. The average molecular weight is 182 g/mol. The molecule has 0 spiro atoms. The molecule has 13 heavy (non-hydrogen) atoms. The molecule has 0 saturated heterocycles. The average Bonchev–Trinajstić information content (AvgIpc) is 2.05. The van der Waals surface area contributed by atoms with E-state index in [1.807, 2.05) is 6.08 Å². The molecule has 0 saturated carbocycles. The molecule has 0 atom stereocenters. The van der Waals surface area contributed by atoms with Crippen LogP contribution in [0, 0.1) is 5.41 Å². The number of aliphatic carboxylic acids is 1. The number of carbonyl (C=O) groups is 1. The minimum absolute atomic E-state index is 0.793. The Balaban J connectivity index is 4.75. The molecule has 1 N–H and O–H groups in total. The fourth-order valence-corrected chi connectivity index (χ4v) is 1.02. The van der Waals surface area contributed by atoms with Crippen molar-refractivity contribution in [3.8, 4) is 0 Å². The Kier molecular flexibility index (Phi) is 4.46. The lowest BCUT2D eigenvalue weighted by Crippen LogP contribution is -2.25. The third-order valence-electron chi connectivity index (χ3n) is 2.13. The van der Waals surface area contributed by atoms with Crippen molar-refractivity contribution in [1.29, 1.82) is 0 Å². The molecule has 0 unspecified atom stereocenters. The highest BCUT2D eigenvalue weighted by Gasteiger charge is 2.29. The van der Waals surface area contributed by atoms with Crippen molar-refractivity contribution < 1.29 is 9.90 Å². The van der Waals surface area contributed by atoms with Gasteiger partial charge in [0.15, 0.2) is 0 Å². The highest BCUT2D eigenvalue weighted by Crippen LogP contribution is 2.27. The number of carboxylic acid groups (broad SMARTS) is 1. The number of hydrogen-bond acceptors (Lipinski definition) is 1. The summed E-state index contributed by atoms with van der Waals surface area (Å²) in [5.74, 6) is -0.810. The molecule has 0 aliphatic rings. The van der Waals surface area contributed by atoms with Crippen LogP contribution in [0.2, 0.25) is 0 Å². The zero-order valence-corrected chi connectivity index (χ0v) is 8.63. The summed E-state index contributed by atoms with van der Waals surface area (Å²) >= 11 is 0. The van der Waals surface area contributed by atoms with Crippen LogP contribution in [-0.2, 0) is 4.79 Å². The maximum Gasteiger partial charge on any atom is 0.313 e. The second kappa shape index (κ2) is 4.85. The van der Waals surface area contributed by atoms with E-state index in [9.17, 15) is 4.79 Å². The summed E-state index contributed by atoms with van der Waals surface area (Å²) in [5.41, 5.74) is -0.0291. The van der Waals surface area contributed by atoms with Gasteiger partial charge in [-0.05, 0) is 25.8 Å². The van der Waals surface area contributed by atoms with Crippen molar-refractivity contribution in [2.75, 3.05) is 0 Å². The van der Waals surface area contributed by atoms with Gasteiger partial charge in [-0.25, -0.2) is 0 Å². The topological polar surface area (TPSA) is 37.3 Å². The molecule has 0 bridgehead atoms. The van der Waals surface area contributed by atoms with Gasteiger partial charge in [-0.1, -0.05) is 32.1 Å². The lowest BCUT2D eigenvalue weighted by atomic mass is 9.83. The molecule has 0 fully saturated rings. The van der Waals surface area contributed by atoms with Crippen molar-refractivity contribution in [2.45, 2.75) is 33.6 Å². The summed E-state index contributed by atoms with van der Waals surface area (Å²) in [6, 6.07) is 0. The predicted octanol–water partition coefficient (Wildman–Crippen LogP) is 3.01. The van der Waals surface area contributed by atoms with Crippen molar-refractivity contribution in [1.82, 2.24) is 0 Å². The summed E-state index contributed by atoms with van der Waals surface area (Å²) in [5, 5.41) is 8.95. The molecular formula is C11H18O2. The summed E-state index contributed by atoms with van der Waals surface area (Å²) < 4.78 is 0. The van der Waals surface area contributed by atoms with Crippen LogP contribution in [0.15, 0.2) is 24.3 Å². The lowest BCUT2D eigenvalue weighted by Gasteiger charge is -2.20. The first-order valence-corrected chi connectivity index (χ1v) is 4.53. The van der Waals surface area contributed by atoms with Crippen LogP contribution in [0.4, 0.5) is 0 Å². The predicted molar refractivity (Wildman–Crippen MR) is 54.6 cm³/mol. The van der Waals surface area contributed by atoms with E-state index >= 15 is 0 Å². The van der Waals surface area contributed by atoms with E-state index in [1.54, 1.807) is 19.9 Å². The van der Waals surface area contributed by atoms with Crippen molar-refractivity contribution >= 4 is 5.97 Å². The number of carboxylic acids is 1. The Morgan fingerprint density at radius 2 is 2.08 bits per heavy atom. The monoisotopic (exact) mass is 182 g/mol. The molecule has 0 heterocycles. The summed E-state index contributed by atoms with van der Waals surface area (Å²) in [6.45, 7) is 9.08. The Labute approximate surface area is 80.0 Å². The summed E-state index contributed by atoms with van der Waals surface area (Å²) in [6.07, 6.45) is 5.50. The van der Waals surface area contributed by atoms with Crippen LogP contribution in [0.3, 0.4) is 0 Å². The fourth-order valence-electron chi connectivity index (χ4n) is 1.02. The molecule has 0 aromatic heterocycles. The van der Waals surface area contributed by atoms with Crippen LogP contribution >= 0.6 is 0 Å². The summed E-state index contributed by atoms with van der Waals surface area (Å²) in [7, 11) is 0. The molecule has 0 aromatic carbocycles. The van der Waals surface area contributed by atoms with Gasteiger partial charge in [-0.2, -0.15) is 0 Å². The van der Waals surface area contributed by atoms with Crippen LogP contribution < -0.4 is 0 Å². The van der Waals surface area contributed by atoms with Crippen LogP contribution in [-0.4, -0.2) is 11.1 Å². The van der Waals surface area contributed by atoms with E-state index in [0.717, 1.165) is 18.4 Å². The molecule has 0 aliphatic carbocycles. The first kappa shape index (κ1) is 11.9. The van der Waals surface area contributed by atoms with Gasteiger partial charge >= 0.3 is 5.97 Å². The van der Waals surface area contributed by atoms with E-state index in [2.05, 4.69) is 13.5 Å². The number of hydrogen-bond donors (Lipinski definition) is 1. The third kappa shape index (κ3) is 3.05. The minimum atomic E-state index is -0.822. The van der Waals surface area contributed by atoms with Crippen LogP contribution in [0.25, 0.3) is 0 Å². The van der Waals surface area contributed by atoms with E-state index in [0.29, 0.717) is 0 Å². The molecular weight excluding hydrogens is 164 g/mol. The number of allylic oxidation sites excluding steroid dienone is 2. The Bertz CT molecular complexity index is 224. The van der Waals surface area contributed by atoms with Crippen molar-refractivity contribution in [3.05, 3.63) is 24.3 Å². The van der Waals surface area contributed by atoms with Crippen LogP contribution in [0.1, 0.15) is 33.6 Å². The second-order valence-corrected chi connectivity index (χ2v) is 3.58. The maximum absolute atomic E-state index is 10.9.